The zero-order chi connectivity index (χ0) is 12.5. The van der Waals surface area contributed by atoms with Crippen molar-refractivity contribution in [2.45, 2.75) is 65.3 Å². The van der Waals surface area contributed by atoms with E-state index >= 15 is 0 Å². The minimum absolute atomic E-state index is 0.757. The predicted molar refractivity (Wildman–Crippen MR) is 76.4 cm³/mol. The molecule has 102 valence electrons. The maximum atomic E-state index is 3.56. The van der Waals surface area contributed by atoms with Crippen molar-refractivity contribution in [3.05, 3.63) is 0 Å². The van der Waals surface area contributed by atoms with Crippen LogP contribution in [0.2, 0.25) is 0 Å². The third kappa shape index (κ3) is 7.05. The molecule has 0 aromatic rings. The lowest BCUT2D eigenvalue weighted by Gasteiger charge is -2.30. The molecular weight excluding hydrogens is 208 g/mol. The summed E-state index contributed by atoms with van der Waals surface area (Å²) in [6.07, 6.45) is 8.45. The van der Waals surface area contributed by atoms with E-state index in [0.717, 1.165) is 18.5 Å². The minimum Gasteiger partial charge on any atom is -0.316 e. The Morgan fingerprint density at radius 1 is 0.941 bits per heavy atom. The number of hydrogen-bond donors (Lipinski definition) is 1. The van der Waals surface area contributed by atoms with Crippen molar-refractivity contribution in [2.75, 3.05) is 26.2 Å². The standard InChI is InChI=1S/C15H32N2/c1-14(2)13-16-10-9-15(3)17-11-7-5-4-6-8-12-17/h14-16H,4-13H2,1-3H3. The van der Waals surface area contributed by atoms with E-state index in [2.05, 4.69) is 31.0 Å². The van der Waals surface area contributed by atoms with E-state index in [-0.39, 0.29) is 0 Å². The molecule has 1 heterocycles. The normalized spacial score (nSPS) is 21.2. The second-order valence-electron chi connectivity index (χ2n) is 6.04. The third-order valence-electron chi connectivity index (χ3n) is 3.81. The average molecular weight is 240 g/mol. The Labute approximate surface area is 108 Å². The highest BCUT2D eigenvalue weighted by atomic mass is 15.1. The Morgan fingerprint density at radius 3 is 2.12 bits per heavy atom. The quantitative estimate of drug-likeness (QED) is 0.717. The first-order valence-electron chi connectivity index (χ1n) is 7.65. The van der Waals surface area contributed by atoms with Crippen LogP contribution in [0.1, 0.15) is 59.3 Å². The molecule has 0 spiro atoms. The van der Waals surface area contributed by atoms with Crippen LogP contribution in [0.5, 0.6) is 0 Å². The Hall–Kier alpha value is -0.0800. The van der Waals surface area contributed by atoms with Crippen molar-refractivity contribution in [3.63, 3.8) is 0 Å². The summed E-state index contributed by atoms with van der Waals surface area (Å²) in [6.45, 7) is 11.9. The monoisotopic (exact) mass is 240 g/mol. The van der Waals surface area contributed by atoms with Crippen LogP contribution in [0.25, 0.3) is 0 Å². The second-order valence-corrected chi connectivity index (χ2v) is 6.04. The van der Waals surface area contributed by atoms with E-state index in [1.54, 1.807) is 0 Å². The van der Waals surface area contributed by atoms with Crippen molar-refractivity contribution < 1.29 is 0 Å². The molecule has 0 radical (unpaired) electrons. The van der Waals surface area contributed by atoms with Gasteiger partial charge < -0.3 is 10.2 Å². The van der Waals surface area contributed by atoms with Gasteiger partial charge in [0.1, 0.15) is 0 Å². The third-order valence-corrected chi connectivity index (χ3v) is 3.81. The number of likely N-dealkylation sites (tertiary alicyclic amines) is 1. The number of hydrogen-bond acceptors (Lipinski definition) is 2. The van der Waals surface area contributed by atoms with Gasteiger partial charge in [-0.1, -0.05) is 33.1 Å². The molecule has 0 aromatic heterocycles. The van der Waals surface area contributed by atoms with E-state index in [1.165, 1.54) is 58.2 Å². The Morgan fingerprint density at radius 2 is 1.53 bits per heavy atom. The zero-order valence-electron chi connectivity index (χ0n) is 12.2. The smallest absolute Gasteiger partial charge is 0.00790 e. The van der Waals surface area contributed by atoms with Gasteiger partial charge in [-0.25, -0.2) is 0 Å². The van der Waals surface area contributed by atoms with Crippen LogP contribution in [0.3, 0.4) is 0 Å². The lowest BCUT2D eigenvalue weighted by Crippen LogP contribution is -2.37. The van der Waals surface area contributed by atoms with Gasteiger partial charge in [0, 0.05) is 6.04 Å². The fraction of sp³-hybridized carbons (Fsp3) is 1.00. The fourth-order valence-corrected chi connectivity index (χ4v) is 2.60. The van der Waals surface area contributed by atoms with Gasteiger partial charge in [0.25, 0.3) is 0 Å². The van der Waals surface area contributed by atoms with Crippen LogP contribution < -0.4 is 5.32 Å². The molecule has 1 N–H and O–H groups in total. The van der Waals surface area contributed by atoms with Crippen LogP contribution in [0.4, 0.5) is 0 Å². The molecule has 1 aliphatic rings. The van der Waals surface area contributed by atoms with Crippen LogP contribution in [0.15, 0.2) is 0 Å². The van der Waals surface area contributed by atoms with E-state index < -0.39 is 0 Å². The summed E-state index contributed by atoms with van der Waals surface area (Å²) in [5, 5.41) is 3.56. The van der Waals surface area contributed by atoms with E-state index in [4.69, 9.17) is 0 Å². The van der Waals surface area contributed by atoms with Gasteiger partial charge in [0.15, 0.2) is 0 Å². The molecule has 17 heavy (non-hydrogen) atoms. The lowest BCUT2D eigenvalue weighted by atomic mass is 10.1. The molecule has 0 saturated carbocycles. The van der Waals surface area contributed by atoms with Gasteiger partial charge in [0.05, 0.1) is 0 Å². The van der Waals surface area contributed by atoms with Gasteiger partial charge in [-0.15, -0.1) is 0 Å². The van der Waals surface area contributed by atoms with Crippen molar-refractivity contribution in [2.24, 2.45) is 5.92 Å². The lowest BCUT2D eigenvalue weighted by molar-refractivity contribution is 0.181. The first kappa shape index (κ1) is 15.0. The first-order chi connectivity index (χ1) is 8.20. The van der Waals surface area contributed by atoms with Crippen LogP contribution in [-0.4, -0.2) is 37.1 Å². The molecule has 1 atom stereocenters. The first-order valence-corrected chi connectivity index (χ1v) is 7.65. The Bertz CT molecular complexity index is 172. The molecule has 0 bridgehead atoms. The fourth-order valence-electron chi connectivity index (χ4n) is 2.60. The summed E-state index contributed by atoms with van der Waals surface area (Å²) in [4.78, 5) is 2.70. The minimum atomic E-state index is 0.757. The molecule has 2 heteroatoms. The molecule has 2 nitrogen and oxygen atoms in total. The summed E-state index contributed by atoms with van der Waals surface area (Å²) in [6, 6.07) is 0.757. The highest BCUT2D eigenvalue weighted by Gasteiger charge is 2.14. The van der Waals surface area contributed by atoms with Gasteiger partial charge in [-0.3, -0.25) is 0 Å². The molecule has 1 aliphatic heterocycles. The zero-order valence-corrected chi connectivity index (χ0v) is 12.2. The highest BCUT2D eigenvalue weighted by molar-refractivity contribution is 4.70. The number of nitrogens with one attached hydrogen (secondary N) is 1. The summed E-state index contributed by atoms with van der Waals surface area (Å²) in [7, 11) is 0. The summed E-state index contributed by atoms with van der Waals surface area (Å²) in [5.41, 5.74) is 0. The largest absolute Gasteiger partial charge is 0.316 e. The molecular formula is C15H32N2. The molecule has 1 fully saturated rings. The molecule has 0 amide bonds. The predicted octanol–water partition coefficient (Wildman–Crippen LogP) is 3.28. The molecule has 1 rings (SSSR count). The van der Waals surface area contributed by atoms with Gasteiger partial charge >= 0.3 is 0 Å². The van der Waals surface area contributed by atoms with E-state index in [9.17, 15) is 0 Å². The van der Waals surface area contributed by atoms with Gasteiger partial charge in [-0.05, 0) is 58.3 Å². The SMILES string of the molecule is CC(C)CNCCC(C)N1CCCCCCC1. The van der Waals surface area contributed by atoms with Gasteiger partial charge in [-0.2, -0.15) is 0 Å². The molecule has 1 saturated heterocycles. The van der Waals surface area contributed by atoms with Gasteiger partial charge in [0.2, 0.25) is 0 Å². The average Bonchev–Trinajstić information content (AvgIpc) is 2.23. The molecule has 0 aliphatic carbocycles. The van der Waals surface area contributed by atoms with Crippen molar-refractivity contribution in [3.8, 4) is 0 Å². The topological polar surface area (TPSA) is 15.3 Å². The molecule has 1 unspecified atom stereocenters. The van der Waals surface area contributed by atoms with Crippen LogP contribution in [-0.2, 0) is 0 Å². The van der Waals surface area contributed by atoms with Crippen molar-refractivity contribution in [1.29, 1.82) is 0 Å². The van der Waals surface area contributed by atoms with Crippen LogP contribution in [0, 0.1) is 5.92 Å². The van der Waals surface area contributed by atoms with Crippen molar-refractivity contribution >= 4 is 0 Å². The van der Waals surface area contributed by atoms with E-state index in [0.29, 0.717) is 0 Å². The second kappa shape index (κ2) is 8.93. The summed E-state index contributed by atoms with van der Waals surface area (Å²) in [5.74, 6) is 0.770. The maximum absolute atomic E-state index is 3.56. The molecule has 0 aromatic carbocycles. The Kier molecular flexibility index (Phi) is 7.87. The maximum Gasteiger partial charge on any atom is 0.00790 e. The summed E-state index contributed by atoms with van der Waals surface area (Å²) >= 11 is 0. The van der Waals surface area contributed by atoms with E-state index in [1.807, 2.05) is 0 Å². The van der Waals surface area contributed by atoms with Crippen LogP contribution >= 0.6 is 0 Å². The highest BCUT2D eigenvalue weighted by Crippen LogP contribution is 2.14. The number of nitrogens with zero attached hydrogens (tertiary/aromatic N) is 1. The number of rotatable bonds is 6. The van der Waals surface area contributed by atoms with Crippen molar-refractivity contribution in [1.82, 2.24) is 10.2 Å². The summed E-state index contributed by atoms with van der Waals surface area (Å²) < 4.78 is 0. The Balaban J connectivity index is 2.13.